The van der Waals surface area contributed by atoms with Crippen molar-refractivity contribution in [2.75, 3.05) is 6.61 Å². The Kier molecular flexibility index (Phi) is 3.82. The van der Waals surface area contributed by atoms with Gasteiger partial charge in [0.15, 0.2) is 11.6 Å². The van der Waals surface area contributed by atoms with Crippen LogP contribution in [0.3, 0.4) is 0 Å². The molecule has 5 heteroatoms. The SMILES string of the molecule is Fc1ccc(C(Br)c2cc(Br)cc3c2OCC3)cc1F. The fourth-order valence-corrected chi connectivity index (χ4v) is 3.48. The molecule has 1 aliphatic rings. The van der Waals surface area contributed by atoms with Gasteiger partial charge in [-0.15, -0.1) is 0 Å². The Bertz CT molecular complexity index is 673. The van der Waals surface area contributed by atoms with Crippen LogP contribution >= 0.6 is 31.9 Å². The minimum absolute atomic E-state index is 0.248. The number of hydrogen-bond acceptors (Lipinski definition) is 1. The smallest absolute Gasteiger partial charge is 0.159 e. The van der Waals surface area contributed by atoms with Crippen LogP contribution in [0, 0.1) is 11.6 Å². The van der Waals surface area contributed by atoms with E-state index in [1.54, 1.807) is 6.07 Å². The number of halogens is 4. The lowest BCUT2D eigenvalue weighted by Crippen LogP contribution is -1.98. The fourth-order valence-electron chi connectivity index (χ4n) is 2.34. The van der Waals surface area contributed by atoms with Gasteiger partial charge < -0.3 is 4.74 Å². The summed E-state index contributed by atoms with van der Waals surface area (Å²) in [4.78, 5) is -0.248. The van der Waals surface area contributed by atoms with Gasteiger partial charge in [-0.05, 0) is 35.4 Å². The second kappa shape index (κ2) is 5.45. The highest BCUT2D eigenvalue weighted by atomic mass is 79.9. The molecular weight excluding hydrogens is 394 g/mol. The molecule has 1 atom stereocenters. The van der Waals surface area contributed by atoms with Crippen molar-refractivity contribution in [1.82, 2.24) is 0 Å². The van der Waals surface area contributed by atoms with Gasteiger partial charge in [0, 0.05) is 16.5 Å². The van der Waals surface area contributed by atoms with Gasteiger partial charge in [-0.1, -0.05) is 37.9 Å². The van der Waals surface area contributed by atoms with E-state index in [0.717, 1.165) is 33.8 Å². The van der Waals surface area contributed by atoms with Crippen molar-refractivity contribution in [1.29, 1.82) is 0 Å². The van der Waals surface area contributed by atoms with Gasteiger partial charge in [-0.2, -0.15) is 0 Å². The molecule has 0 aromatic heterocycles. The topological polar surface area (TPSA) is 9.23 Å². The molecule has 20 heavy (non-hydrogen) atoms. The minimum atomic E-state index is -0.848. The Labute approximate surface area is 132 Å². The zero-order valence-corrected chi connectivity index (χ0v) is 13.5. The van der Waals surface area contributed by atoms with E-state index in [4.69, 9.17) is 4.74 Å². The van der Waals surface area contributed by atoms with Gasteiger partial charge in [0.1, 0.15) is 5.75 Å². The number of alkyl halides is 1. The molecule has 0 bridgehead atoms. The van der Waals surface area contributed by atoms with Crippen molar-refractivity contribution in [2.24, 2.45) is 0 Å². The van der Waals surface area contributed by atoms with Crippen LogP contribution in [-0.4, -0.2) is 6.61 Å². The summed E-state index contributed by atoms with van der Waals surface area (Å²) in [7, 11) is 0. The van der Waals surface area contributed by atoms with Crippen LogP contribution in [-0.2, 0) is 6.42 Å². The normalized spacial score (nSPS) is 14.8. The predicted molar refractivity (Wildman–Crippen MR) is 80.5 cm³/mol. The molecule has 0 amide bonds. The van der Waals surface area contributed by atoms with Crippen LogP contribution < -0.4 is 4.74 Å². The molecule has 1 aliphatic heterocycles. The van der Waals surface area contributed by atoms with Gasteiger partial charge in [-0.25, -0.2) is 8.78 Å². The van der Waals surface area contributed by atoms with E-state index in [1.807, 2.05) is 12.1 Å². The second-order valence-electron chi connectivity index (χ2n) is 4.62. The molecule has 0 aliphatic carbocycles. The maximum Gasteiger partial charge on any atom is 0.159 e. The highest BCUT2D eigenvalue weighted by Crippen LogP contribution is 2.42. The van der Waals surface area contributed by atoms with Crippen molar-refractivity contribution >= 4 is 31.9 Å². The lowest BCUT2D eigenvalue weighted by atomic mass is 10.0. The van der Waals surface area contributed by atoms with E-state index in [1.165, 1.54) is 6.07 Å². The van der Waals surface area contributed by atoms with Crippen LogP contribution in [0.4, 0.5) is 8.78 Å². The number of benzene rings is 2. The molecule has 3 rings (SSSR count). The summed E-state index contributed by atoms with van der Waals surface area (Å²) in [6, 6.07) is 7.87. The molecule has 104 valence electrons. The lowest BCUT2D eigenvalue weighted by Gasteiger charge is -2.15. The summed E-state index contributed by atoms with van der Waals surface area (Å²) in [5, 5.41) is 0. The van der Waals surface area contributed by atoms with Crippen LogP contribution in [0.1, 0.15) is 21.5 Å². The molecule has 0 spiro atoms. The summed E-state index contributed by atoms with van der Waals surface area (Å²) in [5.41, 5.74) is 2.69. The highest BCUT2D eigenvalue weighted by Gasteiger charge is 2.23. The van der Waals surface area contributed by atoms with Crippen LogP contribution in [0.2, 0.25) is 0 Å². The van der Waals surface area contributed by atoms with E-state index >= 15 is 0 Å². The van der Waals surface area contributed by atoms with Crippen molar-refractivity contribution in [3.05, 3.63) is 63.1 Å². The van der Waals surface area contributed by atoms with E-state index in [0.29, 0.717) is 12.2 Å². The van der Waals surface area contributed by atoms with Crippen molar-refractivity contribution in [3.63, 3.8) is 0 Å². The molecular formula is C15H10Br2F2O. The van der Waals surface area contributed by atoms with Gasteiger partial charge in [0.2, 0.25) is 0 Å². The number of fused-ring (bicyclic) bond motifs is 1. The molecule has 2 aromatic rings. The largest absolute Gasteiger partial charge is 0.493 e. The first-order valence-electron chi connectivity index (χ1n) is 6.10. The first-order valence-corrected chi connectivity index (χ1v) is 7.81. The average molecular weight is 404 g/mol. The summed E-state index contributed by atoms with van der Waals surface area (Å²) in [5.74, 6) is -0.858. The summed E-state index contributed by atoms with van der Waals surface area (Å²) >= 11 is 7.02. The molecule has 0 saturated heterocycles. The average Bonchev–Trinajstić information content (AvgIpc) is 2.88. The maximum atomic E-state index is 13.4. The summed E-state index contributed by atoms with van der Waals surface area (Å²) in [6.07, 6.45) is 0.860. The first kappa shape index (κ1) is 14.0. The third-order valence-electron chi connectivity index (χ3n) is 3.29. The Hall–Kier alpha value is -0.940. The van der Waals surface area contributed by atoms with E-state index in [-0.39, 0.29) is 4.83 Å². The van der Waals surface area contributed by atoms with Gasteiger partial charge >= 0.3 is 0 Å². The monoisotopic (exact) mass is 402 g/mol. The molecule has 1 nitrogen and oxygen atoms in total. The Morgan fingerprint density at radius 3 is 2.65 bits per heavy atom. The Balaban J connectivity index is 2.06. The van der Waals surface area contributed by atoms with Crippen molar-refractivity contribution < 1.29 is 13.5 Å². The quantitative estimate of drug-likeness (QED) is 0.630. The van der Waals surface area contributed by atoms with E-state index in [2.05, 4.69) is 31.9 Å². The zero-order valence-electron chi connectivity index (χ0n) is 10.3. The van der Waals surface area contributed by atoms with Crippen LogP contribution in [0.25, 0.3) is 0 Å². The van der Waals surface area contributed by atoms with Gasteiger partial charge in [0.25, 0.3) is 0 Å². The zero-order chi connectivity index (χ0) is 14.3. The predicted octanol–water partition coefficient (Wildman–Crippen LogP) is 5.15. The molecule has 0 N–H and O–H groups in total. The van der Waals surface area contributed by atoms with Gasteiger partial charge in [-0.3, -0.25) is 0 Å². The minimum Gasteiger partial charge on any atom is -0.493 e. The third kappa shape index (κ3) is 2.49. The number of rotatable bonds is 2. The third-order valence-corrected chi connectivity index (χ3v) is 4.77. The standard InChI is InChI=1S/C15H10Br2F2O/c16-10-5-9-3-4-20-15(9)11(7-10)14(17)8-1-2-12(18)13(19)6-8/h1-2,5-7,14H,3-4H2. The maximum absolute atomic E-state index is 13.4. The Morgan fingerprint density at radius 2 is 1.90 bits per heavy atom. The summed E-state index contributed by atoms with van der Waals surface area (Å²) in [6.45, 7) is 0.649. The molecule has 1 heterocycles. The number of ether oxygens (including phenoxy) is 1. The molecule has 2 aromatic carbocycles. The first-order chi connectivity index (χ1) is 9.56. The Morgan fingerprint density at radius 1 is 1.10 bits per heavy atom. The fraction of sp³-hybridized carbons (Fsp3) is 0.200. The second-order valence-corrected chi connectivity index (χ2v) is 6.45. The van der Waals surface area contributed by atoms with Crippen molar-refractivity contribution in [3.8, 4) is 5.75 Å². The molecule has 1 unspecified atom stereocenters. The van der Waals surface area contributed by atoms with Crippen LogP contribution in [0.15, 0.2) is 34.8 Å². The molecule has 0 radical (unpaired) electrons. The van der Waals surface area contributed by atoms with Crippen molar-refractivity contribution in [2.45, 2.75) is 11.2 Å². The highest BCUT2D eigenvalue weighted by molar-refractivity contribution is 9.10. The lowest BCUT2D eigenvalue weighted by molar-refractivity contribution is 0.354. The molecule has 0 fully saturated rings. The molecule has 0 saturated carbocycles. The summed E-state index contributed by atoms with van der Waals surface area (Å²) < 4.78 is 33.0. The van der Waals surface area contributed by atoms with E-state index < -0.39 is 11.6 Å². The number of hydrogen-bond donors (Lipinski definition) is 0. The van der Waals surface area contributed by atoms with E-state index in [9.17, 15) is 8.78 Å². The van der Waals surface area contributed by atoms with Crippen LogP contribution in [0.5, 0.6) is 5.75 Å². The van der Waals surface area contributed by atoms with Gasteiger partial charge in [0.05, 0.1) is 11.4 Å².